The van der Waals surface area contributed by atoms with E-state index in [2.05, 4.69) is 20.2 Å². The summed E-state index contributed by atoms with van der Waals surface area (Å²) < 4.78 is 15.1. The molecule has 3 amide bonds. The van der Waals surface area contributed by atoms with Crippen LogP contribution in [0.2, 0.25) is 0 Å². The topological polar surface area (TPSA) is 140 Å². The van der Waals surface area contributed by atoms with Crippen LogP contribution in [0, 0.1) is 5.41 Å². The minimum Gasteiger partial charge on any atom is -0.444 e. The Morgan fingerprint density at radius 2 is 1.79 bits per heavy atom. The van der Waals surface area contributed by atoms with Crippen LogP contribution >= 0.6 is 11.5 Å². The van der Waals surface area contributed by atoms with Crippen LogP contribution in [0.15, 0.2) is 60.0 Å². The highest BCUT2D eigenvalue weighted by atomic mass is 32.1. The summed E-state index contributed by atoms with van der Waals surface area (Å²) in [4.78, 5) is 53.2. The fraction of sp³-hybridized carbons (Fsp3) is 0.419. The van der Waals surface area contributed by atoms with Crippen molar-refractivity contribution in [3.05, 3.63) is 65.5 Å². The van der Waals surface area contributed by atoms with Crippen LogP contribution in [0.1, 0.15) is 58.6 Å². The average Bonchev–Trinajstić information content (AvgIpc) is 3.63. The molecule has 43 heavy (non-hydrogen) atoms. The van der Waals surface area contributed by atoms with E-state index in [9.17, 15) is 19.2 Å². The fourth-order valence-electron chi connectivity index (χ4n) is 4.82. The van der Waals surface area contributed by atoms with Gasteiger partial charge in [0.05, 0.1) is 12.6 Å². The number of carbonyl (C=O) groups is 4. The van der Waals surface area contributed by atoms with Crippen molar-refractivity contribution >= 4 is 35.4 Å². The van der Waals surface area contributed by atoms with Gasteiger partial charge >= 0.3 is 12.2 Å². The summed E-state index contributed by atoms with van der Waals surface area (Å²) in [7, 11) is 0. The van der Waals surface area contributed by atoms with Crippen molar-refractivity contribution in [2.24, 2.45) is 5.41 Å². The van der Waals surface area contributed by atoms with E-state index in [0.717, 1.165) is 23.2 Å². The molecule has 0 aliphatic carbocycles. The van der Waals surface area contributed by atoms with E-state index in [1.807, 2.05) is 56.5 Å². The summed E-state index contributed by atoms with van der Waals surface area (Å²) in [5.41, 5.74) is 1.87. The first kappa shape index (κ1) is 31.6. The quantitative estimate of drug-likeness (QED) is 0.286. The molecule has 1 fully saturated rings. The lowest BCUT2D eigenvalue weighted by atomic mass is 9.90. The first-order valence-electron chi connectivity index (χ1n) is 14.3. The second kappa shape index (κ2) is 14.2. The van der Waals surface area contributed by atoms with Crippen LogP contribution in [0.25, 0.3) is 11.3 Å². The third-order valence-electron chi connectivity index (χ3n) is 7.40. The van der Waals surface area contributed by atoms with Gasteiger partial charge in [-0.1, -0.05) is 68.4 Å². The number of ketones is 1. The number of carbonyl (C=O) groups excluding carboxylic acids is 4. The summed E-state index contributed by atoms with van der Waals surface area (Å²) in [5, 5.41) is 11.2. The number of aromatic nitrogens is 2. The smallest absolute Gasteiger partial charge is 0.415 e. The van der Waals surface area contributed by atoms with Gasteiger partial charge in [0.15, 0.2) is 0 Å². The molecule has 3 aromatic rings. The summed E-state index contributed by atoms with van der Waals surface area (Å²) in [6.45, 7) is 7.92. The van der Waals surface area contributed by atoms with Crippen molar-refractivity contribution in [1.29, 1.82) is 0 Å². The van der Waals surface area contributed by atoms with Crippen LogP contribution in [-0.2, 0) is 14.3 Å². The van der Waals surface area contributed by atoms with E-state index < -0.39 is 41.4 Å². The summed E-state index contributed by atoms with van der Waals surface area (Å²) >= 11 is 1.25. The molecule has 2 N–H and O–H groups in total. The lowest BCUT2D eigenvalue weighted by molar-refractivity contribution is -0.139. The minimum absolute atomic E-state index is 0.116. The average molecular weight is 608 g/mol. The molecule has 228 valence electrons. The third-order valence-corrected chi connectivity index (χ3v) is 7.91. The van der Waals surface area contributed by atoms with Gasteiger partial charge in [0, 0.05) is 22.9 Å². The van der Waals surface area contributed by atoms with Crippen LogP contribution in [0.3, 0.4) is 0 Å². The zero-order valence-corrected chi connectivity index (χ0v) is 25.6. The van der Waals surface area contributed by atoms with Crippen LogP contribution in [-0.4, -0.2) is 63.6 Å². The maximum absolute atomic E-state index is 13.1. The number of rotatable bonds is 11. The number of ether oxygens (including phenoxy) is 2. The van der Waals surface area contributed by atoms with Gasteiger partial charge in [0.1, 0.15) is 23.6 Å². The second-order valence-corrected chi connectivity index (χ2v) is 11.9. The van der Waals surface area contributed by atoms with E-state index in [-0.39, 0.29) is 12.6 Å². The standard InChI is InChI=1S/C31H37N5O6S/c1-5-6-12-24(27(37)28(38)32-20(2)21-10-8-7-9-11-21)33-29(39)42-26-17-36(19-31(26,3)4)30(40)41-23-15-13-22(14-16-23)25-18-43-35-34-25/h7-11,13-16,18,20,24,26H,5-6,12,17,19H2,1-4H3,(H,32,38)(H,33,39)/t20-,24+,26-/m1/s1. The Kier molecular flexibility index (Phi) is 10.5. The van der Waals surface area contributed by atoms with Gasteiger partial charge in [-0.25, -0.2) is 9.59 Å². The SMILES string of the molecule is CCCC[C@H](NC(=O)O[C@@H]1CN(C(=O)Oc2ccc(-c3csnn3)cc2)CC1(C)C)C(=O)C(=O)N[C@H](C)c1ccccc1. The molecule has 3 atom stereocenters. The van der Waals surface area contributed by atoms with E-state index in [1.54, 1.807) is 31.2 Å². The molecule has 2 aromatic carbocycles. The number of hydrogen-bond donors (Lipinski definition) is 2. The number of Topliss-reactive ketones (excluding diaryl/α,β-unsaturated/α-hetero) is 1. The number of likely N-dealkylation sites (tertiary alicyclic amines) is 1. The summed E-state index contributed by atoms with van der Waals surface area (Å²) in [5.74, 6) is -1.14. The predicted molar refractivity (Wildman–Crippen MR) is 161 cm³/mol. The molecular weight excluding hydrogens is 570 g/mol. The Bertz CT molecular complexity index is 1400. The van der Waals surface area contributed by atoms with E-state index in [1.165, 1.54) is 16.4 Å². The molecule has 2 heterocycles. The van der Waals surface area contributed by atoms with Gasteiger partial charge in [-0.15, -0.1) is 5.10 Å². The van der Waals surface area contributed by atoms with Crippen LogP contribution < -0.4 is 15.4 Å². The van der Waals surface area contributed by atoms with E-state index >= 15 is 0 Å². The van der Waals surface area contributed by atoms with Crippen molar-refractivity contribution in [1.82, 2.24) is 25.1 Å². The molecule has 12 heteroatoms. The van der Waals surface area contributed by atoms with Crippen LogP contribution in [0.4, 0.5) is 9.59 Å². The van der Waals surface area contributed by atoms with Crippen molar-refractivity contribution < 1.29 is 28.7 Å². The molecule has 0 radical (unpaired) electrons. The van der Waals surface area contributed by atoms with Crippen molar-refractivity contribution in [2.45, 2.75) is 65.1 Å². The third kappa shape index (κ3) is 8.38. The molecule has 0 saturated carbocycles. The lowest BCUT2D eigenvalue weighted by Gasteiger charge is -2.26. The van der Waals surface area contributed by atoms with Gasteiger partial charge in [0.2, 0.25) is 5.78 Å². The zero-order chi connectivity index (χ0) is 31.0. The molecule has 1 aliphatic rings. The molecule has 4 rings (SSSR count). The first-order chi connectivity index (χ1) is 20.6. The molecule has 0 spiro atoms. The van der Waals surface area contributed by atoms with Gasteiger partial charge in [-0.05, 0) is 54.7 Å². The molecule has 1 aliphatic heterocycles. The lowest BCUT2D eigenvalue weighted by Crippen LogP contribution is -2.49. The van der Waals surface area contributed by atoms with Gasteiger partial charge in [0.25, 0.3) is 5.91 Å². The Labute approximate surface area is 255 Å². The van der Waals surface area contributed by atoms with Gasteiger partial charge < -0.3 is 25.0 Å². The Hall–Kier alpha value is -4.32. The van der Waals surface area contributed by atoms with Gasteiger partial charge in [-0.2, -0.15) is 0 Å². The highest BCUT2D eigenvalue weighted by Gasteiger charge is 2.45. The van der Waals surface area contributed by atoms with Crippen molar-refractivity contribution in [2.75, 3.05) is 13.1 Å². The predicted octanol–water partition coefficient (Wildman–Crippen LogP) is 5.15. The number of nitrogens with one attached hydrogen (secondary N) is 2. The zero-order valence-electron chi connectivity index (χ0n) is 24.7. The number of hydrogen-bond acceptors (Lipinski definition) is 9. The number of alkyl carbamates (subject to hydrolysis) is 1. The second-order valence-electron chi connectivity index (χ2n) is 11.3. The van der Waals surface area contributed by atoms with Crippen LogP contribution in [0.5, 0.6) is 5.75 Å². The Balaban J connectivity index is 1.32. The maximum Gasteiger partial charge on any atom is 0.415 e. The number of nitrogens with zero attached hydrogens (tertiary/aromatic N) is 3. The highest BCUT2D eigenvalue weighted by Crippen LogP contribution is 2.33. The minimum atomic E-state index is -1.04. The highest BCUT2D eigenvalue weighted by molar-refractivity contribution is 7.03. The van der Waals surface area contributed by atoms with Crippen molar-refractivity contribution in [3.63, 3.8) is 0 Å². The van der Waals surface area contributed by atoms with Crippen molar-refractivity contribution in [3.8, 4) is 17.0 Å². The van der Waals surface area contributed by atoms with E-state index in [0.29, 0.717) is 25.1 Å². The molecule has 0 unspecified atom stereocenters. The number of benzene rings is 2. The maximum atomic E-state index is 13.1. The summed E-state index contributed by atoms with van der Waals surface area (Å²) in [6, 6.07) is 14.8. The molecule has 11 nitrogen and oxygen atoms in total. The number of amides is 3. The Morgan fingerprint density at radius 1 is 1.07 bits per heavy atom. The number of unbranched alkanes of at least 4 members (excludes halogenated alkanes) is 1. The fourth-order valence-corrected chi connectivity index (χ4v) is 5.29. The molecule has 1 saturated heterocycles. The largest absolute Gasteiger partial charge is 0.444 e. The molecular formula is C31H37N5O6S. The summed E-state index contributed by atoms with van der Waals surface area (Å²) in [6.07, 6.45) is -0.342. The Morgan fingerprint density at radius 3 is 2.44 bits per heavy atom. The van der Waals surface area contributed by atoms with Gasteiger partial charge in [-0.3, -0.25) is 9.59 Å². The molecule has 0 bridgehead atoms. The normalized spacial score (nSPS) is 17.0. The first-order valence-corrected chi connectivity index (χ1v) is 15.1. The molecule has 1 aromatic heterocycles. The van der Waals surface area contributed by atoms with E-state index in [4.69, 9.17) is 9.47 Å². The monoisotopic (exact) mass is 607 g/mol.